The molecule has 0 aromatic heterocycles. The first-order valence-electron chi connectivity index (χ1n) is 5.19. The number of hydrogen-bond donors (Lipinski definition) is 0. The highest BCUT2D eigenvalue weighted by Crippen LogP contribution is 2.27. The lowest BCUT2D eigenvalue weighted by molar-refractivity contribution is -0.150. The normalized spacial score (nSPS) is 27.1. The van der Waals surface area contributed by atoms with E-state index in [1.54, 1.807) is 4.90 Å². The van der Waals surface area contributed by atoms with E-state index in [2.05, 4.69) is 0 Å². The van der Waals surface area contributed by atoms with Crippen molar-refractivity contribution in [2.45, 2.75) is 57.8 Å². The molecule has 1 rings (SSSR count). The molecule has 88 valence electrons. The highest BCUT2D eigenvalue weighted by Gasteiger charge is 2.34. The molecule has 0 unspecified atom stereocenters. The molecular weight excluding hydrogens is 207 g/mol. The Morgan fingerprint density at radius 1 is 1.27 bits per heavy atom. The van der Waals surface area contributed by atoms with Crippen LogP contribution in [0.3, 0.4) is 0 Å². The Balaban J connectivity index is 2.46. The maximum atomic E-state index is 11.9. The molecular formula is C10H16F3NO. The van der Waals surface area contributed by atoms with E-state index in [1.165, 1.54) is 0 Å². The molecule has 1 aliphatic rings. The van der Waals surface area contributed by atoms with Gasteiger partial charge in [0.2, 0.25) is 5.91 Å². The van der Waals surface area contributed by atoms with E-state index >= 15 is 0 Å². The van der Waals surface area contributed by atoms with Gasteiger partial charge in [-0.2, -0.15) is 13.2 Å². The molecule has 0 aromatic carbocycles. The average molecular weight is 223 g/mol. The Hall–Kier alpha value is -0.740. The molecule has 2 nitrogen and oxygen atoms in total. The van der Waals surface area contributed by atoms with Gasteiger partial charge in [-0.25, -0.2) is 0 Å². The second-order valence-corrected chi connectivity index (χ2v) is 4.19. The van der Waals surface area contributed by atoms with Gasteiger partial charge in [0, 0.05) is 18.5 Å². The van der Waals surface area contributed by atoms with Crippen molar-refractivity contribution in [3.8, 4) is 0 Å². The molecule has 0 saturated carbocycles. The third kappa shape index (κ3) is 3.39. The first-order chi connectivity index (χ1) is 6.81. The monoisotopic (exact) mass is 223 g/mol. The Morgan fingerprint density at radius 2 is 1.73 bits per heavy atom. The summed E-state index contributed by atoms with van der Waals surface area (Å²) in [5.74, 6) is -0.371. The minimum Gasteiger partial charge on any atom is -0.337 e. The summed E-state index contributed by atoms with van der Waals surface area (Å²) in [5, 5.41) is 0. The van der Waals surface area contributed by atoms with Crippen molar-refractivity contribution in [1.82, 2.24) is 4.90 Å². The van der Waals surface area contributed by atoms with E-state index in [0.717, 1.165) is 12.8 Å². The number of carbonyl (C=O) groups is 1. The van der Waals surface area contributed by atoms with Crippen LogP contribution in [0.5, 0.6) is 0 Å². The molecule has 0 radical (unpaired) electrons. The summed E-state index contributed by atoms with van der Waals surface area (Å²) < 4.78 is 35.8. The van der Waals surface area contributed by atoms with Gasteiger partial charge in [-0.3, -0.25) is 4.79 Å². The fraction of sp³-hybridized carbons (Fsp3) is 0.900. The zero-order valence-electron chi connectivity index (χ0n) is 8.97. The van der Waals surface area contributed by atoms with Crippen molar-refractivity contribution in [2.24, 2.45) is 0 Å². The molecule has 1 fully saturated rings. The van der Waals surface area contributed by atoms with Gasteiger partial charge in [0.05, 0.1) is 6.42 Å². The summed E-state index contributed by atoms with van der Waals surface area (Å²) in [6.07, 6.45) is -3.89. The van der Waals surface area contributed by atoms with Crippen molar-refractivity contribution < 1.29 is 18.0 Å². The first-order valence-corrected chi connectivity index (χ1v) is 5.19. The molecule has 0 aromatic rings. The molecule has 0 bridgehead atoms. The highest BCUT2D eigenvalue weighted by molar-refractivity contribution is 5.77. The number of nitrogens with zero attached hydrogens (tertiary/aromatic N) is 1. The summed E-state index contributed by atoms with van der Waals surface area (Å²) in [7, 11) is 0. The summed E-state index contributed by atoms with van der Waals surface area (Å²) in [6.45, 7) is 3.77. The van der Waals surface area contributed by atoms with Crippen LogP contribution in [-0.2, 0) is 4.79 Å². The van der Waals surface area contributed by atoms with Crippen LogP contribution in [0.1, 0.15) is 39.5 Å². The summed E-state index contributed by atoms with van der Waals surface area (Å²) in [6, 6.07) is 0.168. The molecule has 1 saturated heterocycles. The molecule has 1 amide bonds. The third-order valence-corrected chi connectivity index (χ3v) is 2.86. The van der Waals surface area contributed by atoms with Crippen molar-refractivity contribution in [3.63, 3.8) is 0 Å². The number of likely N-dealkylation sites (tertiary alicyclic amines) is 1. The van der Waals surface area contributed by atoms with Gasteiger partial charge in [-0.15, -0.1) is 0 Å². The maximum Gasteiger partial charge on any atom is 0.389 e. The van der Waals surface area contributed by atoms with Gasteiger partial charge in [-0.1, -0.05) is 0 Å². The van der Waals surface area contributed by atoms with Crippen LogP contribution in [0.15, 0.2) is 0 Å². The summed E-state index contributed by atoms with van der Waals surface area (Å²) >= 11 is 0. The molecule has 0 N–H and O–H groups in total. The molecule has 1 heterocycles. The second-order valence-electron chi connectivity index (χ2n) is 4.19. The van der Waals surface area contributed by atoms with E-state index in [0.29, 0.717) is 0 Å². The van der Waals surface area contributed by atoms with E-state index in [-0.39, 0.29) is 18.0 Å². The quantitative estimate of drug-likeness (QED) is 0.704. The largest absolute Gasteiger partial charge is 0.389 e. The van der Waals surface area contributed by atoms with Gasteiger partial charge >= 0.3 is 6.18 Å². The van der Waals surface area contributed by atoms with Gasteiger partial charge in [-0.05, 0) is 26.7 Å². The van der Waals surface area contributed by atoms with Crippen molar-refractivity contribution in [2.75, 3.05) is 0 Å². The van der Waals surface area contributed by atoms with Gasteiger partial charge < -0.3 is 4.90 Å². The molecule has 2 atom stereocenters. The van der Waals surface area contributed by atoms with Crippen LogP contribution >= 0.6 is 0 Å². The average Bonchev–Trinajstić information content (AvgIpc) is 2.41. The Bertz CT molecular complexity index is 229. The lowest BCUT2D eigenvalue weighted by Crippen LogP contribution is -2.38. The van der Waals surface area contributed by atoms with Crippen LogP contribution in [0.25, 0.3) is 0 Å². The van der Waals surface area contributed by atoms with Gasteiger partial charge in [0.25, 0.3) is 0 Å². The predicted octanol–water partition coefficient (Wildman–Crippen LogP) is 2.73. The standard InChI is InChI=1S/C10H16F3NO/c1-7-3-4-8(2)14(7)9(15)5-6-10(11,12)13/h7-8H,3-6H2,1-2H3/t7-,8+. The van der Waals surface area contributed by atoms with E-state index < -0.39 is 19.0 Å². The van der Waals surface area contributed by atoms with Crippen LogP contribution < -0.4 is 0 Å². The zero-order valence-corrected chi connectivity index (χ0v) is 8.97. The summed E-state index contributed by atoms with van der Waals surface area (Å²) in [4.78, 5) is 13.1. The number of alkyl halides is 3. The highest BCUT2D eigenvalue weighted by atomic mass is 19.4. The van der Waals surface area contributed by atoms with Crippen LogP contribution in [-0.4, -0.2) is 29.1 Å². The SMILES string of the molecule is C[C@@H]1CC[C@H](C)N1C(=O)CCC(F)(F)F. The lowest BCUT2D eigenvalue weighted by Gasteiger charge is -2.26. The number of carbonyl (C=O) groups excluding carboxylic acids is 1. The first kappa shape index (κ1) is 12.3. The summed E-state index contributed by atoms with van der Waals surface area (Å²) in [5.41, 5.74) is 0. The molecule has 5 heteroatoms. The third-order valence-electron chi connectivity index (χ3n) is 2.86. The minimum absolute atomic E-state index is 0.0840. The number of amides is 1. The smallest absolute Gasteiger partial charge is 0.337 e. The molecule has 0 spiro atoms. The molecule has 15 heavy (non-hydrogen) atoms. The van der Waals surface area contributed by atoms with Crippen molar-refractivity contribution >= 4 is 5.91 Å². The molecule has 0 aliphatic carbocycles. The van der Waals surface area contributed by atoms with E-state index in [1.807, 2.05) is 13.8 Å². The number of hydrogen-bond acceptors (Lipinski definition) is 1. The fourth-order valence-electron chi connectivity index (χ4n) is 2.06. The Labute approximate surface area is 87.4 Å². The zero-order chi connectivity index (χ0) is 11.6. The number of halogens is 3. The second kappa shape index (κ2) is 4.41. The topological polar surface area (TPSA) is 20.3 Å². The van der Waals surface area contributed by atoms with E-state index in [4.69, 9.17) is 0 Å². The van der Waals surface area contributed by atoms with Crippen molar-refractivity contribution in [3.05, 3.63) is 0 Å². The minimum atomic E-state index is -4.23. The Kier molecular flexibility index (Phi) is 3.62. The molecule has 1 aliphatic heterocycles. The number of rotatable bonds is 2. The van der Waals surface area contributed by atoms with Crippen LogP contribution in [0, 0.1) is 0 Å². The van der Waals surface area contributed by atoms with Crippen molar-refractivity contribution in [1.29, 1.82) is 0 Å². The lowest BCUT2D eigenvalue weighted by atomic mass is 10.2. The predicted molar refractivity (Wildman–Crippen MR) is 50.3 cm³/mol. The van der Waals surface area contributed by atoms with Gasteiger partial charge in [0.15, 0.2) is 0 Å². The van der Waals surface area contributed by atoms with Crippen LogP contribution in [0.4, 0.5) is 13.2 Å². The maximum absolute atomic E-state index is 11.9. The van der Waals surface area contributed by atoms with E-state index in [9.17, 15) is 18.0 Å². The van der Waals surface area contributed by atoms with Crippen LogP contribution in [0.2, 0.25) is 0 Å². The van der Waals surface area contributed by atoms with Gasteiger partial charge in [0.1, 0.15) is 0 Å². The fourth-order valence-corrected chi connectivity index (χ4v) is 2.06. The Morgan fingerprint density at radius 3 is 2.13 bits per heavy atom.